The summed E-state index contributed by atoms with van der Waals surface area (Å²) in [6.45, 7) is 9.07. The number of carbonyl (C=O) groups is 1. The normalized spacial score (nSPS) is 13.8. The van der Waals surface area contributed by atoms with Crippen LogP contribution in [0.15, 0.2) is 0 Å². The van der Waals surface area contributed by atoms with Gasteiger partial charge in [-0.3, -0.25) is 4.79 Å². The summed E-state index contributed by atoms with van der Waals surface area (Å²) in [5.74, 6) is -0.163. The molecule has 0 bridgehead atoms. The molecule has 0 aromatic heterocycles. The minimum Gasteiger partial charge on any atom is -0.463 e. The van der Waals surface area contributed by atoms with Gasteiger partial charge >= 0.3 is 5.97 Å². The molecule has 1 unspecified atom stereocenters. The van der Waals surface area contributed by atoms with E-state index in [-0.39, 0.29) is 17.3 Å². The number of esters is 1. The topological polar surface area (TPSA) is 35.5 Å². The van der Waals surface area contributed by atoms with Crippen LogP contribution in [0.1, 0.15) is 34.1 Å². The van der Waals surface area contributed by atoms with Crippen molar-refractivity contribution in [2.45, 2.75) is 34.1 Å². The van der Waals surface area contributed by atoms with E-state index < -0.39 is 0 Å². The summed E-state index contributed by atoms with van der Waals surface area (Å²) in [7, 11) is 1.59. The van der Waals surface area contributed by atoms with Gasteiger partial charge in [-0.25, -0.2) is 0 Å². The molecule has 0 fully saturated rings. The smallest absolute Gasteiger partial charge is 0.308 e. The maximum atomic E-state index is 11.4. The molecule has 0 rings (SSSR count). The molecule has 84 valence electrons. The van der Waals surface area contributed by atoms with Crippen LogP contribution in [-0.4, -0.2) is 26.3 Å². The predicted octanol–water partition coefficient (Wildman–Crippen LogP) is 2.25. The average Bonchev–Trinajstić information content (AvgIpc) is 2.01. The van der Waals surface area contributed by atoms with Gasteiger partial charge < -0.3 is 9.47 Å². The lowest BCUT2D eigenvalue weighted by Crippen LogP contribution is -2.22. The summed E-state index contributed by atoms with van der Waals surface area (Å²) >= 11 is 0. The summed E-state index contributed by atoms with van der Waals surface area (Å²) < 4.78 is 9.82. The Morgan fingerprint density at radius 2 is 1.86 bits per heavy atom. The van der Waals surface area contributed by atoms with Gasteiger partial charge in [0.05, 0.1) is 12.5 Å². The van der Waals surface area contributed by atoms with Crippen molar-refractivity contribution < 1.29 is 14.3 Å². The Morgan fingerprint density at radius 3 is 2.29 bits per heavy atom. The zero-order valence-electron chi connectivity index (χ0n) is 9.92. The van der Waals surface area contributed by atoms with Crippen LogP contribution in [0.3, 0.4) is 0 Å². The molecule has 0 saturated carbocycles. The molecule has 1 atom stereocenters. The van der Waals surface area contributed by atoms with E-state index >= 15 is 0 Å². The van der Waals surface area contributed by atoms with Crippen molar-refractivity contribution in [3.63, 3.8) is 0 Å². The molecule has 0 spiro atoms. The molecule has 3 heteroatoms. The molecule has 0 aliphatic heterocycles. The molecule has 14 heavy (non-hydrogen) atoms. The Balaban J connectivity index is 3.77. The van der Waals surface area contributed by atoms with Crippen LogP contribution in [-0.2, 0) is 14.3 Å². The molecular formula is C11H22O3. The van der Waals surface area contributed by atoms with Crippen molar-refractivity contribution in [2.75, 3.05) is 20.3 Å². The number of methoxy groups -OCH3 is 1. The van der Waals surface area contributed by atoms with Crippen LogP contribution in [0.5, 0.6) is 0 Å². The fourth-order valence-corrected chi connectivity index (χ4v) is 1.37. The fraction of sp³-hybridized carbons (Fsp3) is 0.909. The lowest BCUT2D eigenvalue weighted by atomic mass is 9.85. The quantitative estimate of drug-likeness (QED) is 0.506. The summed E-state index contributed by atoms with van der Waals surface area (Å²) in [5.41, 5.74) is 0.166. The van der Waals surface area contributed by atoms with E-state index in [2.05, 4.69) is 20.8 Å². The Kier molecular flexibility index (Phi) is 5.77. The van der Waals surface area contributed by atoms with Crippen molar-refractivity contribution >= 4 is 5.97 Å². The van der Waals surface area contributed by atoms with E-state index in [1.54, 1.807) is 7.11 Å². The van der Waals surface area contributed by atoms with Crippen LogP contribution in [0.2, 0.25) is 0 Å². The highest BCUT2D eigenvalue weighted by molar-refractivity contribution is 5.72. The third kappa shape index (κ3) is 6.89. The third-order valence-corrected chi connectivity index (χ3v) is 1.85. The standard InChI is InChI=1S/C11H22O3/c1-9(8-11(2,3)4)10(12)14-7-6-13-5/h9H,6-8H2,1-5H3. The second-order valence-corrected chi connectivity index (χ2v) is 4.83. The predicted molar refractivity (Wildman–Crippen MR) is 56.1 cm³/mol. The van der Waals surface area contributed by atoms with Crippen LogP contribution >= 0.6 is 0 Å². The minimum absolute atomic E-state index is 0.0353. The molecule has 0 aromatic carbocycles. The van der Waals surface area contributed by atoms with Crippen molar-refractivity contribution in [1.29, 1.82) is 0 Å². The Labute approximate surface area is 86.8 Å². The first-order valence-corrected chi connectivity index (χ1v) is 5.02. The Morgan fingerprint density at radius 1 is 1.29 bits per heavy atom. The van der Waals surface area contributed by atoms with Gasteiger partial charge in [-0.05, 0) is 11.8 Å². The van der Waals surface area contributed by atoms with E-state index in [9.17, 15) is 4.79 Å². The SMILES string of the molecule is COCCOC(=O)C(C)CC(C)(C)C. The van der Waals surface area contributed by atoms with E-state index in [4.69, 9.17) is 9.47 Å². The number of hydrogen-bond acceptors (Lipinski definition) is 3. The molecule has 0 N–H and O–H groups in total. The van der Waals surface area contributed by atoms with Crippen molar-refractivity contribution in [3.8, 4) is 0 Å². The van der Waals surface area contributed by atoms with Crippen LogP contribution in [0, 0.1) is 11.3 Å². The van der Waals surface area contributed by atoms with E-state index in [1.807, 2.05) is 6.92 Å². The minimum atomic E-state index is -0.128. The van der Waals surface area contributed by atoms with Crippen LogP contribution < -0.4 is 0 Å². The zero-order chi connectivity index (χ0) is 11.2. The highest BCUT2D eigenvalue weighted by Crippen LogP contribution is 2.24. The van der Waals surface area contributed by atoms with Gasteiger partial charge in [0.25, 0.3) is 0 Å². The Bertz CT molecular complexity index is 170. The second-order valence-electron chi connectivity index (χ2n) is 4.83. The molecule has 0 aromatic rings. The highest BCUT2D eigenvalue weighted by atomic mass is 16.6. The number of hydrogen-bond donors (Lipinski definition) is 0. The maximum Gasteiger partial charge on any atom is 0.308 e. The van der Waals surface area contributed by atoms with Gasteiger partial charge in [-0.1, -0.05) is 27.7 Å². The Hall–Kier alpha value is -0.570. The number of ether oxygens (including phenoxy) is 2. The van der Waals surface area contributed by atoms with Crippen molar-refractivity contribution in [2.24, 2.45) is 11.3 Å². The first kappa shape index (κ1) is 13.4. The number of carbonyl (C=O) groups excluding carboxylic acids is 1. The van der Waals surface area contributed by atoms with Gasteiger partial charge in [-0.15, -0.1) is 0 Å². The van der Waals surface area contributed by atoms with E-state index in [0.29, 0.717) is 13.2 Å². The molecule has 0 aliphatic rings. The van der Waals surface area contributed by atoms with Crippen LogP contribution in [0.4, 0.5) is 0 Å². The molecule has 0 radical (unpaired) electrons. The molecule has 0 saturated heterocycles. The second kappa shape index (κ2) is 6.02. The molecule has 0 heterocycles. The largest absolute Gasteiger partial charge is 0.463 e. The summed E-state index contributed by atoms with van der Waals surface area (Å²) in [5, 5.41) is 0. The maximum absolute atomic E-state index is 11.4. The third-order valence-electron chi connectivity index (χ3n) is 1.85. The van der Waals surface area contributed by atoms with E-state index in [0.717, 1.165) is 6.42 Å². The lowest BCUT2D eigenvalue weighted by molar-refractivity contribution is -0.150. The monoisotopic (exact) mass is 202 g/mol. The van der Waals surface area contributed by atoms with Crippen molar-refractivity contribution in [1.82, 2.24) is 0 Å². The zero-order valence-corrected chi connectivity index (χ0v) is 9.92. The highest BCUT2D eigenvalue weighted by Gasteiger charge is 2.21. The molecule has 3 nitrogen and oxygen atoms in total. The first-order valence-electron chi connectivity index (χ1n) is 5.02. The van der Waals surface area contributed by atoms with Crippen molar-refractivity contribution in [3.05, 3.63) is 0 Å². The summed E-state index contributed by atoms with van der Waals surface area (Å²) in [6.07, 6.45) is 0.846. The van der Waals surface area contributed by atoms with Gasteiger partial charge in [0.1, 0.15) is 6.61 Å². The van der Waals surface area contributed by atoms with Gasteiger partial charge in [0.15, 0.2) is 0 Å². The molecule has 0 aliphatic carbocycles. The fourth-order valence-electron chi connectivity index (χ4n) is 1.37. The van der Waals surface area contributed by atoms with Crippen LogP contribution in [0.25, 0.3) is 0 Å². The van der Waals surface area contributed by atoms with E-state index in [1.165, 1.54) is 0 Å². The summed E-state index contributed by atoms with van der Waals surface area (Å²) in [6, 6.07) is 0. The van der Waals surface area contributed by atoms with Gasteiger partial charge in [0.2, 0.25) is 0 Å². The lowest BCUT2D eigenvalue weighted by Gasteiger charge is -2.21. The average molecular weight is 202 g/mol. The first-order chi connectivity index (χ1) is 6.37. The van der Waals surface area contributed by atoms with Gasteiger partial charge in [0, 0.05) is 7.11 Å². The number of rotatable bonds is 5. The molecule has 0 amide bonds. The van der Waals surface area contributed by atoms with Gasteiger partial charge in [-0.2, -0.15) is 0 Å². The summed E-state index contributed by atoms with van der Waals surface area (Å²) in [4.78, 5) is 11.4. The molecular weight excluding hydrogens is 180 g/mol.